The molecule has 0 saturated carbocycles. The molecule has 1 saturated heterocycles. The molecule has 0 bridgehead atoms. The Labute approximate surface area is 158 Å². The zero-order valence-electron chi connectivity index (χ0n) is 15.5. The highest BCUT2D eigenvalue weighted by Gasteiger charge is 2.41. The lowest BCUT2D eigenvalue weighted by atomic mass is 10.1. The van der Waals surface area contributed by atoms with Gasteiger partial charge in [0, 0.05) is 38.1 Å². The maximum atomic E-state index is 12.8. The van der Waals surface area contributed by atoms with Crippen LogP contribution in [0, 0.1) is 0 Å². The quantitative estimate of drug-likeness (QED) is 0.766. The third-order valence-corrected chi connectivity index (χ3v) is 5.04. The van der Waals surface area contributed by atoms with Crippen molar-refractivity contribution in [2.24, 2.45) is 0 Å². The Balaban J connectivity index is 2.12. The molecule has 2 atom stereocenters. The predicted octanol–water partition coefficient (Wildman–Crippen LogP) is 1.01. The average molecular weight is 378 g/mol. The molecule has 26 heavy (non-hydrogen) atoms. The molecule has 7 nitrogen and oxygen atoms in total. The molecular formula is C18H26N4O3S. The summed E-state index contributed by atoms with van der Waals surface area (Å²) in [7, 11) is 0. The fourth-order valence-electron chi connectivity index (χ4n) is 3.17. The normalized spacial score (nSPS) is 19.3. The summed E-state index contributed by atoms with van der Waals surface area (Å²) in [5.74, 6) is -0.0364. The number of nitrogens with zero attached hydrogens (tertiary/aromatic N) is 3. The third kappa shape index (κ3) is 4.75. The van der Waals surface area contributed by atoms with E-state index in [1.807, 2.05) is 20.1 Å². The molecule has 3 amide bonds. The van der Waals surface area contributed by atoms with E-state index in [2.05, 4.69) is 10.3 Å². The molecule has 1 N–H and O–H groups in total. The molecule has 0 unspecified atom stereocenters. The van der Waals surface area contributed by atoms with Crippen LogP contribution in [-0.4, -0.2) is 76.2 Å². The van der Waals surface area contributed by atoms with Gasteiger partial charge in [-0.1, -0.05) is 0 Å². The smallest absolute Gasteiger partial charge is 0.253 e. The lowest BCUT2D eigenvalue weighted by Gasteiger charge is -2.28. The van der Waals surface area contributed by atoms with Gasteiger partial charge in [-0.05, 0) is 38.7 Å². The number of nitrogens with one attached hydrogen (secondary N) is 1. The number of amides is 3. The van der Waals surface area contributed by atoms with Gasteiger partial charge in [-0.2, -0.15) is 11.8 Å². The molecule has 1 fully saturated rings. The summed E-state index contributed by atoms with van der Waals surface area (Å²) in [4.78, 5) is 45.0. The van der Waals surface area contributed by atoms with E-state index in [1.54, 1.807) is 28.1 Å². The van der Waals surface area contributed by atoms with Gasteiger partial charge >= 0.3 is 0 Å². The molecule has 142 valence electrons. The second kappa shape index (κ2) is 9.56. The first-order chi connectivity index (χ1) is 12.5. The Morgan fingerprint density at radius 2 is 2.08 bits per heavy atom. The van der Waals surface area contributed by atoms with Gasteiger partial charge in [0.1, 0.15) is 6.04 Å². The van der Waals surface area contributed by atoms with Gasteiger partial charge in [0.2, 0.25) is 11.8 Å². The summed E-state index contributed by atoms with van der Waals surface area (Å²) in [5, 5.41) is 2.93. The molecule has 0 radical (unpaired) electrons. The van der Waals surface area contributed by atoms with Gasteiger partial charge in [0.05, 0.1) is 11.3 Å². The van der Waals surface area contributed by atoms with Crippen LogP contribution in [0.1, 0.15) is 30.6 Å². The van der Waals surface area contributed by atoms with Crippen molar-refractivity contribution in [1.29, 1.82) is 0 Å². The molecule has 1 aliphatic rings. The van der Waals surface area contributed by atoms with E-state index in [-0.39, 0.29) is 23.8 Å². The van der Waals surface area contributed by atoms with Crippen LogP contribution < -0.4 is 5.32 Å². The van der Waals surface area contributed by atoms with Crippen LogP contribution >= 0.6 is 11.8 Å². The largest absolute Gasteiger partial charge is 0.347 e. The molecule has 0 spiro atoms. The number of aromatic nitrogens is 1. The lowest BCUT2D eigenvalue weighted by molar-refractivity contribution is -0.142. The summed E-state index contributed by atoms with van der Waals surface area (Å²) in [6, 6.07) is 2.61. The molecular weight excluding hydrogens is 352 g/mol. The van der Waals surface area contributed by atoms with E-state index in [9.17, 15) is 14.4 Å². The number of carbonyl (C=O) groups excluding carboxylic acids is 3. The van der Waals surface area contributed by atoms with Crippen molar-refractivity contribution in [2.75, 3.05) is 31.6 Å². The maximum Gasteiger partial charge on any atom is 0.253 e. The van der Waals surface area contributed by atoms with E-state index in [4.69, 9.17) is 0 Å². The number of rotatable bonds is 7. The monoisotopic (exact) mass is 378 g/mol. The Morgan fingerprint density at radius 3 is 2.65 bits per heavy atom. The van der Waals surface area contributed by atoms with Gasteiger partial charge in [-0.25, -0.2) is 0 Å². The van der Waals surface area contributed by atoms with E-state index in [0.29, 0.717) is 37.4 Å². The molecule has 1 aromatic heterocycles. The van der Waals surface area contributed by atoms with Gasteiger partial charge in [0.25, 0.3) is 5.91 Å². The van der Waals surface area contributed by atoms with Crippen molar-refractivity contribution in [1.82, 2.24) is 20.1 Å². The zero-order chi connectivity index (χ0) is 19.1. The number of hydrogen-bond acceptors (Lipinski definition) is 5. The molecule has 1 aliphatic heterocycles. The average Bonchev–Trinajstić information content (AvgIpc) is 3.07. The second-order valence-corrected chi connectivity index (χ2v) is 7.02. The topological polar surface area (TPSA) is 82.6 Å². The van der Waals surface area contributed by atoms with Crippen LogP contribution in [0.4, 0.5) is 0 Å². The zero-order valence-corrected chi connectivity index (χ0v) is 16.3. The standard InChI is InChI=1S/C18H26N4O3S/c1-4-21(5-2)18(25)15-9-14(11-22(15)16(23)12-26-3)20-17(24)13-7-6-8-19-10-13/h6-8,10,14-15H,4-5,9,11-12H2,1-3H3,(H,20,24)/t14-,15+/m1/s1. The Morgan fingerprint density at radius 1 is 1.35 bits per heavy atom. The van der Waals surface area contributed by atoms with E-state index < -0.39 is 6.04 Å². The number of likely N-dealkylation sites (tertiary alicyclic amines) is 1. The maximum absolute atomic E-state index is 12.8. The first-order valence-electron chi connectivity index (χ1n) is 8.79. The van der Waals surface area contributed by atoms with Gasteiger partial charge in [0.15, 0.2) is 0 Å². The number of carbonyl (C=O) groups is 3. The molecule has 8 heteroatoms. The number of hydrogen-bond donors (Lipinski definition) is 1. The minimum Gasteiger partial charge on any atom is -0.347 e. The summed E-state index contributed by atoms with van der Waals surface area (Å²) >= 11 is 1.43. The summed E-state index contributed by atoms with van der Waals surface area (Å²) in [5.41, 5.74) is 0.466. The fraction of sp³-hybridized carbons (Fsp3) is 0.556. The van der Waals surface area contributed by atoms with Crippen LogP contribution in [0.15, 0.2) is 24.5 Å². The van der Waals surface area contributed by atoms with Crippen molar-refractivity contribution in [3.8, 4) is 0 Å². The van der Waals surface area contributed by atoms with Crippen LogP contribution in [-0.2, 0) is 9.59 Å². The Bertz CT molecular complexity index is 637. The first-order valence-corrected chi connectivity index (χ1v) is 10.2. The van der Waals surface area contributed by atoms with Gasteiger partial charge in [-0.15, -0.1) is 0 Å². The molecule has 2 rings (SSSR count). The van der Waals surface area contributed by atoms with Crippen LogP contribution in [0.3, 0.4) is 0 Å². The van der Waals surface area contributed by atoms with Crippen molar-refractivity contribution in [3.63, 3.8) is 0 Å². The molecule has 0 aromatic carbocycles. The highest BCUT2D eigenvalue weighted by Crippen LogP contribution is 2.22. The minimum atomic E-state index is -0.520. The first kappa shape index (κ1) is 20.2. The van der Waals surface area contributed by atoms with Crippen molar-refractivity contribution in [3.05, 3.63) is 30.1 Å². The Kier molecular flexibility index (Phi) is 7.44. The predicted molar refractivity (Wildman–Crippen MR) is 102 cm³/mol. The second-order valence-electron chi connectivity index (χ2n) is 6.15. The van der Waals surface area contributed by atoms with E-state index in [0.717, 1.165) is 0 Å². The number of thioether (sulfide) groups is 1. The summed E-state index contributed by atoms with van der Waals surface area (Å²) in [6.07, 6.45) is 5.39. The highest BCUT2D eigenvalue weighted by atomic mass is 32.2. The summed E-state index contributed by atoms with van der Waals surface area (Å²) < 4.78 is 0. The molecule has 0 aliphatic carbocycles. The highest BCUT2D eigenvalue weighted by molar-refractivity contribution is 7.99. The molecule has 2 heterocycles. The third-order valence-electron chi connectivity index (χ3n) is 4.51. The lowest BCUT2D eigenvalue weighted by Crippen LogP contribution is -2.48. The minimum absolute atomic E-state index is 0.0532. The van der Waals surface area contributed by atoms with Gasteiger partial charge < -0.3 is 15.1 Å². The van der Waals surface area contributed by atoms with E-state index >= 15 is 0 Å². The Hall–Kier alpha value is -2.09. The van der Waals surface area contributed by atoms with Crippen molar-refractivity contribution >= 4 is 29.5 Å². The van der Waals surface area contributed by atoms with Crippen LogP contribution in [0.2, 0.25) is 0 Å². The van der Waals surface area contributed by atoms with Crippen molar-refractivity contribution in [2.45, 2.75) is 32.4 Å². The summed E-state index contributed by atoms with van der Waals surface area (Å²) in [6.45, 7) is 5.40. The number of pyridine rings is 1. The SMILES string of the molecule is CCN(CC)C(=O)[C@@H]1C[C@@H](NC(=O)c2cccnc2)CN1C(=O)CSC. The fourth-order valence-corrected chi connectivity index (χ4v) is 3.58. The van der Waals surface area contributed by atoms with Crippen LogP contribution in [0.25, 0.3) is 0 Å². The van der Waals surface area contributed by atoms with Crippen LogP contribution in [0.5, 0.6) is 0 Å². The van der Waals surface area contributed by atoms with E-state index in [1.165, 1.54) is 18.0 Å². The molecule has 1 aromatic rings. The van der Waals surface area contributed by atoms with Crippen molar-refractivity contribution < 1.29 is 14.4 Å². The number of likely N-dealkylation sites (N-methyl/N-ethyl adjacent to an activating group) is 1. The van der Waals surface area contributed by atoms with Gasteiger partial charge in [-0.3, -0.25) is 19.4 Å².